The lowest BCUT2D eigenvalue weighted by atomic mass is 10.2. The third kappa shape index (κ3) is 7.72. The fourth-order valence-corrected chi connectivity index (χ4v) is 4.70. The number of carbonyl (C=O) groups is 3. The molecule has 41 heavy (non-hydrogen) atoms. The standard InChI is InChI=1S/C17H22N2O5.C12H14N2O3/c1-17(2,3)24-16(21)19-7-6-12(9-19)23-11-4-5-14-13(8-11)18-15(20)10-22-14;15-12-7-16-11-2-1-8(5-10(11)14-12)17-9-3-4-13-6-9/h4-5,8,12H,6-7,9-10H2,1-3H3,(H,18,20);1-2,5,9,13H,3-4,6-7H2,(H,14,15)/t12-;9-/m11/s1. The maximum absolute atomic E-state index is 12.1. The first-order chi connectivity index (χ1) is 19.6. The maximum Gasteiger partial charge on any atom is 0.410 e. The van der Waals surface area contributed by atoms with Gasteiger partial charge in [-0.05, 0) is 58.0 Å². The molecule has 220 valence electrons. The Kier molecular flexibility index (Phi) is 8.39. The van der Waals surface area contributed by atoms with E-state index in [2.05, 4.69) is 16.0 Å². The molecule has 12 heteroatoms. The quantitative estimate of drug-likeness (QED) is 0.508. The molecule has 0 spiro atoms. The van der Waals surface area contributed by atoms with Crippen LogP contribution in [0.2, 0.25) is 0 Å². The molecule has 6 rings (SSSR count). The number of hydrogen-bond acceptors (Lipinski definition) is 9. The molecule has 0 saturated carbocycles. The highest BCUT2D eigenvalue weighted by atomic mass is 16.6. The second-order valence-corrected chi connectivity index (χ2v) is 11.2. The lowest BCUT2D eigenvalue weighted by Gasteiger charge is -2.24. The number of fused-ring (bicyclic) bond motifs is 2. The Labute approximate surface area is 238 Å². The van der Waals surface area contributed by atoms with Gasteiger partial charge in [-0.2, -0.15) is 0 Å². The van der Waals surface area contributed by atoms with E-state index < -0.39 is 5.60 Å². The Morgan fingerprint density at radius 1 is 0.878 bits per heavy atom. The average molecular weight is 569 g/mol. The summed E-state index contributed by atoms with van der Waals surface area (Å²) < 4.78 is 27.7. The Hall–Kier alpha value is -4.19. The van der Waals surface area contributed by atoms with Crippen molar-refractivity contribution in [2.75, 3.05) is 50.0 Å². The van der Waals surface area contributed by atoms with Crippen molar-refractivity contribution >= 4 is 29.3 Å². The summed E-state index contributed by atoms with van der Waals surface area (Å²) in [6, 6.07) is 10.8. The molecule has 4 aliphatic heterocycles. The van der Waals surface area contributed by atoms with Crippen molar-refractivity contribution in [1.82, 2.24) is 10.2 Å². The number of amides is 3. The second-order valence-electron chi connectivity index (χ2n) is 11.2. The predicted molar refractivity (Wildman–Crippen MR) is 150 cm³/mol. The van der Waals surface area contributed by atoms with Gasteiger partial charge in [0.25, 0.3) is 11.8 Å². The number of carbonyl (C=O) groups excluding carboxylic acids is 3. The van der Waals surface area contributed by atoms with Crippen LogP contribution in [0.3, 0.4) is 0 Å². The highest BCUT2D eigenvalue weighted by molar-refractivity contribution is 5.96. The molecule has 3 amide bonds. The molecule has 0 unspecified atom stereocenters. The monoisotopic (exact) mass is 568 g/mol. The lowest BCUT2D eigenvalue weighted by molar-refractivity contribution is -0.119. The van der Waals surface area contributed by atoms with E-state index in [9.17, 15) is 14.4 Å². The van der Waals surface area contributed by atoms with Crippen LogP contribution in [0.15, 0.2) is 36.4 Å². The molecule has 2 atom stereocenters. The smallest absolute Gasteiger partial charge is 0.410 e. The van der Waals surface area contributed by atoms with Gasteiger partial charge in [0.05, 0.1) is 17.9 Å². The second kappa shape index (κ2) is 12.1. The average Bonchev–Trinajstić information content (AvgIpc) is 3.60. The largest absolute Gasteiger partial charge is 0.489 e. The molecular weight excluding hydrogens is 532 g/mol. The van der Waals surface area contributed by atoms with Crippen molar-refractivity contribution in [3.63, 3.8) is 0 Å². The SMILES string of the molecule is CC(C)(C)OC(=O)N1CC[C@@H](Oc2ccc3c(c2)NC(=O)CO3)C1.O=C1COc2ccc(O[C@@H]3CCNC3)cc2N1. The number of nitrogens with one attached hydrogen (secondary N) is 3. The van der Waals surface area contributed by atoms with E-state index in [0.717, 1.165) is 31.7 Å². The zero-order valence-corrected chi connectivity index (χ0v) is 23.5. The topological polar surface area (TPSA) is 137 Å². The Morgan fingerprint density at radius 3 is 2.00 bits per heavy atom. The van der Waals surface area contributed by atoms with Crippen LogP contribution in [0.25, 0.3) is 0 Å². The van der Waals surface area contributed by atoms with Crippen molar-refractivity contribution in [2.24, 2.45) is 0 Å². The molecule has 0 radical (unpaired) electrons. The summed E-state index contributed by atoms with van der Waals surface area (Å²) in [5.74, 6) is 2.41. The van der Waals surface area contributed by atoms with E-state index in [-0.39, 0.29) is 43.3 Å². The first kappa shape index (κ1) is 28.3. The fourth-order valence-electron chi connectivity index (χ4n) is 4.70. The summed E-state index contributed by atoms with van der Waals surface area (Å²) in [6.45, 7) is 8.60. The van der Waals surface area contributed by atoms with Crippen LogP contribution in [0.5, 0.6) is 23.0 Å². The van der Waals surface area contributed by atoms with Gasteiger partial charge in [0, 0.05) is 31.6 Å². The van der Waals surface area contributed by atoms with Gasteiger partial charge in [-0.1, -0.05) is 0 Å². The zero-order chi connectivity index (χ0) is 29.0. The third-order valence-corrected chi connectivity index (χ3v) is 6.59. The first-order valence-electron chi connectivity index (χ1n) is 13.8. The summed E-state index contributed by atoms with van der Waals surface area (Å²) in [5.41, 5.74) is 0.780. The van der Waals surface area contributed by atoms with Crippen molar-refractivity contribution in [3.8, 4) is 23.0 Å². The van der Waals surface area contributed by atoms with Crippen LogP contribution in [0, 0.1) is 0 Å². The number of nitrogens with zero attached hydrogens (tertiary/aromatic N) is 1. The van der Waals surface area contributed by atoms with Crippen LogP contribution in [0.4, 0.5) is 16.2 Å². The Morgan fingerprint density at radius 2 is 1.46 bits per heavy atom. The van der Waals surface area contributed by atoms with Crippen molar-refractivity contribution < 1.29 is 38.1 Å². The van der Waals surface area contributed by atoms with Gasteiger partial charge < -0.3 is 44.5 Å². The minimum Gasteiger partial charge on any atom is -0.489 e. The first-order valence-corrected chi connectivity index (χ1v) is 13.8. The van der Waals surface area contributed by atoms with Crippen LogP contribution in [-0.2, 0) is 14.3 Å². The third-order valence-electron chi connectivity index (χ3n) is 6.59. The highest BCUT2D eigenvalue weighted by Crippen LogP contribution is 2.33. The van der Waals surface area contributed by atoms with Gasteiger partial charge in [-0.3, -0.25) is 9.59 Å². The molecule has 4 heterocycles. The molecule has 2 aromatic rings. The molecule has 4 aliphatic rings. The molecular formula is C29H36N4O8. The number of benzene rings is 2. The molecule has 0 aromatic heterocycles. The Bertz CT molecular complexity index is 1290. The van der Waals surface area contributed by atoms with Crippen molar-refractivity contribution in [2.45, 2.75) is 51.4 Å². The highest BCUT2D eigenvalue weighted by Gasteiger charge is 2.31. The lowest BCUT2D eigenvalue weighted by Crippen LogP contribution is -2.36. The zero-order valence-electron chi connectivity index (χ0n) is 23.5. The van der Waals surface area contributed by atoms with Gasteiger partial charge in [0.2, 0.25) is 0 Å². The molecule has 2 saturated heterocycles. The fraction of sp³-hybridized carbons (Fsp3) is 0.483. The van der Waals surface area contributed by atoms with Gasteiger partial charge in [-0.25, -0.2) is 4.79 Å². The number of rotatable bonds is 4. The van der Waals surface area contributed by atoms with Gasteiger partial charge in [-0.15, -0.1) is 0 Å². The van der Waals surface area contributed by atoms with Crippen LogP contribution >= 0.6 is 0 Å². The minimum absolute atomic E-state index is 0.0284. The molecule has 12 nitrogen and oxygen atoms in total. The normalized spacial score (nSPS) is 21.1. The number of ether oxygens (including phenoxy) is 5. The van der Waals surface area contributed by atoms with Gasteiger partial charge in [0.15, 0.2) is 13.2 Å². The van der Waals surface area contributed by atoms with Gasteiger partial charge in [0.1, 0.15) is 40.8 Å². The van der Waals surface area contributed by atoms with E-state index >= 15 is 0 Å². The predicted octanol–water partition coefficient (Wildman–Crippen LogP) is 3.16. The van der Waals surface area contributed by atoms with E-state index in [1.807, 2.05) is 39.0 Å². The summed E-state index contributed by atoms with van der Waals surface area (Å²) in [5, 5.41) is 8.76. The maximum atomic E-state index is 12.1. The number of anilines is 2. The molecule has 2 aromatic carbocycles. The van der Waals surface area contributed by atoms with Gasteiger partial charge >= 0.3 is 6.09 Å². The minimum atomic E-state index is -0.507. The molecule has 3 N–H and O–H groups in total. The van der Waals surface area contributed by atoms with E-state index in [1.165, 1.54) is 0 Å². The van der Waals surface area contributed by atoms with E-state index in [0.29, 0.717) is 41.7 Å². The molecule has 0 aliphatic carbocycles. The Balaban J connectivity index is 0.000000174. The van der Waals surface area contributed by atoms with Crippen molar-refractivity contribution in [1.29, 1.82) is 0 Å². The number of likely N-dealkylation sites (tertiary alicyclic amines) is 1. The summed E-state index contributed by atoms with van der Waals surface area (Å²) in [4.78, 5) is 36.3. The summed E-state index contributed by atoms with van der Waals surface area (Å²) >= 11 is 0. The molecule has 2 fully saturated rings. The van der Waals surface area contributed by atoms with Crippen molar-refractivity contribution in [3.05, 3.63) is 36.4 Å². The van der Waals surface area contributed by atoms with Crippen LogP contribution < -0.4 is 34.9 Å². The van der Waals surface area contributed by atoms with E-state index in [1.54, 1.807) is 23.1 Å². The molecule has 0 bridgehead atoms. The van der Waals surface area contributed by atoms with Crippen LogP contribution in [-0.4, -0.2) is 80.0 Å². The summed E-state index contributed by atoms with van der Waals surface area (Å²) in [6.07, 6.45) is 1.54. The van der Waals surface area contributed by atoms with E-state index in [4.69, 9.17) is 23.7 Å². The summed E-state index contributed by atoms with van der Waals surface area (Å²) in [7, 11) is 0. The number of hydrogen-bond donors (Lipinski definition) is 3. The van der Waals surface area contributed by atoms with Crippen LogP contribution in [0.1, 0.15) is 33.6 Å².